The zero-order valence-corrected chi connectivity index (χ0v) is 13.8. The largest absolute Gasteiger partial charge is 0.353 e. The van der Waals surface area contributed by atoms with Crippen LogP contribution in [0.2, 0.25) is 5.02 Å². The molecule has 0 spiro atoms. The first-order valence-corrected chi connectivity index (χ1v) is 8.35. The Morgan fingerprint density at radius 2 is 2.13 bits per heavy atom. The quantitative estimate of drug-likeness (QED) is 0.659. The summed E-state index contributed by atoms with van der Waals surface area (Å²) in [4.78, 5) is 4.23. The predicted molar refractivity (Wildman–Crippen MR) is 88.9 cm³/mol. The average Bonchev–Trinajstić information content (AvgIpc) is 3.12. The van der Waals surface area contributed by atoms with Crippen molar-refractivity contribution in [2.24, 2.45) is 10.9 Å². The monoisotopic (exact) mass is 334 g/mol. The van der Waals surface area contributed by atoms with Gasteiger partial charge >= 0.3 is 0 Å². The number of halogens is 2. The molecule has 0 heterocycles. The van der Waals surface area contributed by atoms with Crippen molar-refractivity contribution >= 4 is 17.6 Å². The second-order valence-corrected chi connectivity index (χ2v) is 6.63. The van der Waals surface area contributed by atoms with Gasteiger partial charge in [0.05, 0.1) is 12.0 Å². The van der Waals surface area contributed by atoms with Gasteiger partial charge in [0.1, 0.15) is 5.82 Å². The van der Waals surface area contributed by atoms with Crippen LogP contribution in [-0.4, -0.2) is 25.1 Å². The van der Waals surface area contributed by atoms with Gasteiger partial charge in [-0.2, -0.15) is 5.26 Å². The lowest BCUT2D eigenvalue weighted by atomic mass is 10.1. The first-order valence-electron chi connectivity index (χ1n) is 7.97. The van der Waals surface area contributed by atoms with Crippen molar-refractivity contribution in [2.45, 2.75) is 43.7 Å². The van der Waals surface area contributed by atoms with Gasteiger partial charge in [-0.3, -0.25) is 4.99 Å². The van der Waals surface area contributed by atoms with Crippen LogP contribution in [0.1, 0.15) is 37.2 Å². The molecular weight excluding hydrogens is 315 g/mol. The fraction of sp³-hybridized carbons (Fsp3) is 0.529. The van der Waals surface area contributed by atoms with E-state index in [2.05, 4.69) is 21.7 Å². The summed E-state index contributed by atoms with van der Waals surface area (Å²) in [6, 6.07) is 7.40. The molecule has 3 rings (SSSR count). The fourth-order valence-corrected chi connectivity index (χ4v) is 3.65. The van der Waals surface area contributed by atoms with Gasteiger partial charge in [0, 0.05) is 35.6 Å². The van der Waals surface area contributed by atoms with Crippen molar-refractivity contribution in [3.63, 3.8) is 0 Å². The summed E-state index contributed by atoms with van der Waals surface area (Å²) in [7, 11) is 1.71. The highest BCUT2D eigenvalue weighted by molar-refractivity contribution is 6.31. The molecule has 2 aliphatic rings. The maximum atomic E-state index is 14.0. The lowest BCUT2D eigenvalue weighted by Crippen LogP contribution is -2.45. The Kier molecular flexibility index (Phi) is 4.72. The smallest absolute Gasteiger partial charge is 0.191 e. The first kappa shape index (κ1) is 16.1. The topological polar surface area (TPSA) is 60.2 Å². The molecule has 6 heteroatoms. The van der Waals surface area contributed by atoms with Gasteiger partial charge in [-0.15, -0.1) is 0 Å². The zero-order valence-electron chi connectivity index (χ0n) is 13.0. The van der Waals surface area contributed by atoms with E-state index in [1.807, 2.05) is 0 Å². The van der Waals surface area contributed by atoms with Crippen LogP contribution in [0.15, 0.2) is 23.2 Å². The summed E-state index contributed by atoms with van der Waals surface area (Å²) >= 11 is 6.13. The molecule has 4 atom stereocenters. The molecule has 4 nitrogen and oxygen atoms in total. The molecule has 1 aromatic rings. The fourth-order valence-electron chi connectivity index (χ4n) is 3.35. The molecule has 0 aliphatic heterocycles. The van der Waals surface area contributed by atoms with Crippen LogP contribution in [0.3, 0.4) is 0 Å². The van der Waals surface area contributed by atoms with Gasteiger partial charge in [0.25, 0.3) is 0 Å². The molecule has 2 fully saturated rings. The summed E-state index contributed by atoms with van der Waals surface area (Å²) in [6.45, 7) is 0. The van der Waals surface area contributed by atoms with E-state index in [0.29, 0.717) is 16.5 Å². The second-order valence-electron chi connectivity index (χ2n) is 6.22. The standard InChI is InChI=1S/C17H20ClFN4/c1-21-17(22-14-7-2-4-10(14)9-20)23-15-8-11(15)16-12(18)5-3-6-13(16)19/h3,5-6,10-11,14-15H,2,4,7-8H2,1H3,(H2,21,22,23). The molecule has 2 saturated carbocycles. The van der Waals surface area contributed by atoms with E-state index in [-0.39, 0.29) is 29.7 Å². The third kappa shape index (κ3) is 3.42. The maximum absolute atomic E-state index is 14.0. The van der Waals surface area contributed by atoms with E-state index in [0.717, 1.165) is 25.7 Å². The summed E-state index contributed by atoms with van der Waals surface area (Å²) in [5.41, 5.74) is 0.581. The predicted octanol–water partition coefficient (Wildman–Crippen LogP) is 3.19. The number of hydrogen-bond donors (Lipinski definition) is 2. The maximum Gasteiger partial charge on any atom is 0.191 e. The minimum Gasteiger partial charge on any atom is -0.353 e. The molecule has 0 bridgehead atoms. The Morgan fingerprint density at radius 3 is 2.83 bits per heavy atom. The lowest BCUT2D eigenvalue weighted by Gasteiger charge is -2.19. The number of benzene rings is 1. The van der Waals surface area contributed by atoms with E-state index in [1.54, 1.807) is 19.2 Å². The van der Waals surface area contributed by atoms with Crippen LogP contribution in [0, 0.1) is 23.1 Å². The summed E-state index contributed by atoms with van der Waals surface area (Å²) < 4.78 is 14.0. The molecule has 0 amide bonds. The molecule has 23 heavy (non-hydrogen) atoms. The molecule has 2 N–H and O–H groups in total. The van der Waals surface area contributed by atoms with E-state index in [4.69, 9.17) is 16.9 Å². The molecular formula is C17H20ClFN4. The number of nitrogens with one attached hydrogen (secondary N) is 2. The summed E-state index contributed by atoms with van der Waals surface area (Å²) in [5, 5.41) is 16.3. The zero-order chi connectivity index (χ0) is 16.4. The Morgan fingerprint density at radius 1 is 1.35 bits per heavy atom. The van der Waals surface area contributed by atoms with Crippen LogP contribution < -0.4 is 10.6 Å². The molecule has 1 aromatic carbocycles. The minimum atomic E-state index is -0.255. The Labute approximate surface area is 140 Å². The number of hydrogen-bond acceptors (Lipinski definition) is 2. The molecule has 2 aliphatic carbocycles. The molecule has 0 radical (unpaired) electrons. The van der Waals surface area contributed by atoms with Crippen molar-refractivity contribution in [3.8, 4) is 6.07 Å². The van der Waals surface area contributed by atoms with E-state index in [1.165, 1.54) is 6.07 Å². The van der Waals surface area contributed by atoms with Crippen LogP contribution in [0.5, 0.6) is 0 Å². The van der Waals surface area contributed by atoms with Crippen LogP contribution >= 0.6 is 11.6 Å². The van der Waals surface area contributed by atoms with Crippen molar-refractivity contribution in [1.29, 1.82) is 5.26 Å². The minimum absolute atomic E-state index is 0.0320. The van der Waals surface area contributed by atoms with Gasteiger partial charge < -0.3 is 10.6 Å². The third-order valence-corrected chi connectivity index (χ3v) is 5.04. The highest BCUT2D eigenvalue weighted by Crippen LogP contribution is 2.44. The van der Waals surface area contributed by atoms with Crippen molar-refractivity contribution in [3.05, 3.63) is 34.6 Å². The number of nitrogens with zero attached hydrogens (tertiary/aromatic N) is 2. The van der Waals surface area contributed by atoms with Crippen LogP contribution in [-0.2, 0) is 0 Å². The van der Waals surface area contributed by atoms with Crippen molar-refractivity contribution in [1.82, 2.24) is 10.6 Å². The van der Waals surface area contributed by atoms with Gasteiger partial charge in [-0.25, -0.2) is 4.39 Å². The Balaban J connectivity index is 1.61. The lowest BCUT2D eigenvalue weighted by molar-refractivity contribution is 0.531. The number of rotatable bonds is 3. The second kappa shape index (κ2) is 6.76. The summed E-state index contributed by atoms with van der Waals surface area (Å²) in [5.74, 6) is 0.523. The average molecular weight is 335 g/mol. The molecule has 122 valence electrons. The van der Waals surface area contributed by atoms with Gasteiger partial charge in [0.15, 0.2) is 5.96 Å². The Hall–Kier alpha value is -1.80. The third-order valence-electron chi connectivity index (χ3n) is 4.71. The normalized spacial score (nSPS) is 29.9. The highest BCUT2D eigenvalue weighted by atomic mass is 35.5. The van der Waals surface area contributed by atoms with Gasteiger partial charge in [-0.05, 0) is 37.8 Å². The molecule has 0 aromatic heterocycles. The van der Waals surface area contributed by atoms with E-state index >= 15 is 0 Å². The molecule has 4 unspecified atom stereocenters. The van der Waals surface area contributed by atoms with Crippen LogP contribution in [0.4, 0.5) is 4.39 Å². The Bertz CT molecular complexity index is 634. The first-order chi connectivity index (χ1) is 11.1. The number of guanidine groups is 1. The van der Waals surface area contributed by atoms with E-state index < -0.39 is 0 Å². The van der Waals surface area contributed by atoms with E-state index in [9.17, 15) is 4.39 Å². The van der Waals surface area contributed by atoms with Crippen LogP contribution in [0.25, 0.3) is 0 Å². The molecule has 0 saturated heterocycles. The van der Waals surface area contributed by atoms with Gasteiger partial charge in [-0.1, -0.05) is 17.7 Å². The highest BCUT2D eigenvalue weighted by Gasteiger charge is 2.42. The van der Waals surface area contributed by atoms with Crippen molar-refractivity contribution in [2.75, 3.05) is 7.05 Å². The van der Waals surface area contributed by atoms with Crippen molar-refractivity contribution < 1.29 is 4.39 Å². The van der Waals surface area contributed by atoms with Gasteiger partial charge in [0.2, 0.25) is 0 Å². The number of nitriles is 1. The SMILES string of the molecule is CN=C(NC1CCCC1C#N)NC1CC1c1c(F)cccc1Cl. The number of aliphatic imine (C=N–C) groups is 1. The summed E-state index contributed by atoms with van der Waals surface area (Å²) in [6.07, 6.45) is 3.80.